The van der Waals surface area contributed by atoms with E-state index in [1.165, 1.54) is 12.1 Å². The molecule has 1 N–H and O–H groups in total. The Morgan fingerprint density at radius 3 is 2.76 bits per heavy atom. The van der Waals surface area contributed by atoms with Crippen LogP contribution in [0.15, 0.2) is 52.9 Å². The first-order chi connectivity index (χ1) is 10.2. The van der Waals surface area contributed by atoms with Crippen molar-refractivity contribution in [3.63, 3.8) is 0 Å². The number of hydrogen-bond acceptors (Lipinski definition) is 3. The number of carbonyl (C=O) groups is 1. The van der Waals surface area contributed by atoms with Crippen LogP contribution >= 0.6 is 0 Å². The molecule has 0 bridgehead atoms. The highest BCUT2D eigenvalue weighted by Crippen LogP contribution is 2.22. The fourth-order valence-electron chi connectivity index (χ4n) is 2.02. The molecule has 0 aliphatic carbocycles. The van der Waals surface area contributed by atoms with Crippen LogP contribution in [0, 0.1) is 17.1 Å². The lowest BCUT2D eigenvalue weighted by molar-refractivity contribution is 0.0998. The molecular weight excluding hydrogens is 271 g/mol. The summed E-state index contributed by atoms with van der Waals surface area (Å²) in [6, 6.07) is 14.6. The maximum atomic E-state index is 13.5. The van der Waals surface area contributed by atoms with E-state index in [1.807, 2.05) is 12.1 Å². The zero-order valence-electron chi connectivity index (χ0n) is 10.8. The Balaban J connectivity index is 1.93. The zero-order chi connectivity index (χ0) is 14.8. The largest absolute Gasteiger partial charge is 0.451 e. The summed E-state index contributed by atoms with van der Waals surface area (Å²) >= 11 is 0. The summed E-state index contributed by atoms with van der Waals surface area (Å²) in [4.78, 5) is 12.1. The number of nitrogens with zero attached hydrogens (tertiary/aromatic N) is 1. The van der Waals surface area contributed by atoms with Crippen molar-refractivity contribution in [3.05, 3.63) is 65.7 Å². The van der Waals surface area contributed by atoms with Gasteiger partial charge in [0.05, 0.1) is 5.69 Å². The van der Waals surface area contributed by atoms with Gasteiger partial charge in [0.15, 0.2) is 5.76 Å². The summed E-state index contributed by atoms with van der Waals surface area (Å²) in [6.45, 7) is 0. The molecule has 0 aliphatic rings. The number of amides is 1. The van der Waals surface area contributed by atoms with Gasteiger partial charge in [0, 0.05) is 5.39 Å². The molecule has 0 saturated heterocycles. The van der Waals surface area contributed by atoms with E-state index in [0.29, 0.717) is 5.58 Å². The highest BCUT2D eigenvalue weighted by Gasteiger charge is 2.15. The molecule has 5 heteroatoms. The molecule has 1 aromatic heterocycles. The first kappa shape index (κ1) is 12.9. The van der Waals surface area contributed by atoms with Gasteiger partial charge < -0.3 is 9.73 Å². The van der Waals surface area contributed by atoms with Gasteiger partial charge >= 0.3 is 0 Å². The van der Waals surface area contributed by atoms with Crippen molar-refractivity contribution in [2.24, 2.45) is 0 Å². The van der Waals surface area contributed by atoms with E-state index in [1.54, 1.807) is 24.3 Å². The molecule has 1 amide bonds. The Morgan fingerprint density at radius 1 is 1.19 bits per heavy atom. The quantitative estimate of drug-likeness (QED) is 0.778. The average molecular weight is 280 g/mol. The van der Waals surface area contributed by atoms with Crippen LogP contribution in [0.1, 0.15) is 16.1 Å². The van der Waals surface area contributed by atoms with Crippen LogP contribution in [-0.2, 0) is 0 Å². The number of nitriles is 1. The Labute approximate surface area is 119 Å². The molecule has 3 aromatic rings. The van der Waals surface area contributed by atoms with E-state index in [4.69, 9.17) is 9.68 Å². The van der Waals surface area contributed by atoms with Crippen molar-refractivity contribution in [2.45, 2.75) is 0 Å². The fourth-order valence-corrected chi connectivity index (χ4v) is 2.02. The Hall–Kier alpha value is -3.13. The minimum atomic E-state index is -0.681. The van der Waals surface area contributed by atoms with E-state index < -0.39 is 11.7 Å². The number of rotatable bonds is 2. The van der Waals surface area contributed by atoms with Gasteiger partial charge in [-0.25, -0.2) is 4.39 Å². The van der Waals surface area contributed by atoms with Crippen LogP contribution in [0.5, 0.6) is 0 Å². The smallest absolute Gasteiger partial charge is 0.291 e. The number of furan rings is 1. The second kappa shape index (κ2) is 5.10. The molecule has 0 spiro atoms. The first-order valence-electron chi connectivity index (χ1n) is 6.17. The molecule has 0 radical (unpaired) electrons. The normalized spacial score (nSPS) is 10.3. The van der Waals surface area contributed by atoms with Crippen molar-refractivity contribution in [1.29, 1.82) is 5.26 Å². The summed E-state index contributed by atoms with van der Waals surface area (Å²) in [5.74, 6) is -1.11. The monoisotopic (exact) mass is 280 g/mol. The van der Waals surface area contributed by atoms with Crippen molar-refractivity contribution in [2.75, 3.05) is 5.32 Å². The lowest BCUT2D eigenvalue weighted by Gasteiger charge is -2.05. The van der Waals surface area contributed by atoms with E-state index in [-0.39, 0.29) is 17.0 Å². The predicted molar refractivity (Wildman–Crippen MR) is 75.3 cm³/mol. The minimum absolute atomic E-state index is 0.101. The molecule has 0 unspecified atom stereocenters. The highest BCUT2D eigenvalue weighted by atomic mass is 19.1. The minimum Gasteiger partial charge on any atom is -0.451 e. The summed E-state index contributed by atoms with van der Waals surface area (Å²) in [5.41, 5.74) is 0.493. The Morgan fingerprint density at radius 2 is 2.00 bits per heavy atom. The highest BCUT2D eigenvalue weighted by molar-refractivity contribution is 6.05. The number of carbonyl (C=O) groups excluding carboxylic acids is 1. The molecule has 102 valence electrons. The Bertz CT molecular complexity index is 844. The molecular formula is C16H9FN2O2. The van der Waals surface area contributed by atoms with Gasteiger partial charge in [-0.2, -0.15) is 5.26 Å². The summed E-state index contributed by atoms with van der Waals surface area (Å²) in [6.07, 6.45) is 0. The second-order valence-electron chi connectivity index (χ2n) is 4.38. The number of anilines is 1. The van der Waals surface area contributed by atoms with Gasteiger partial charge in [-0.3, -0.25) is 4.79 Å². The van der Waals surface area contributed by atoms with Gasteiger partial charge in [-0.1, -0.05) is 24.3 Å². The van der Waals surface area contributed by atoms with Crippen LogP contribution < -0.4 is 5.32 Å². The fraction of sp³-hybridized carbons (Fsp3) is 0. The zero-order valence-corrected chi connectivity index (χ0v) is 10.8. The molecule has 21 heavy (non-hydrogen) atoms. The van der Waals surface area contributed by atoms with Gasteiger partial charge in [-0.15, -0.1) is 0 Å². The Kier molecular flexibility index (Phi) is 3.13. The SMILES string of the molecule is N#Cc1c(F)cccc1NC(=O)c1cc2ccccc2o1. The number of nitrogens with one attached hydrogen (secondary N) is 1. The predicted octanol–water partition coefficient (Wildman–Crippen LogP) is 3.70. The molecule has 1 heterocycles. The number of hydrogen-bond donors (Lipinski definition) is 1. The molecule has 0 saturated carbocycles. The van der Waals surface area contributed by atoms with Crippen molar-refractivity contribution in [3.8, 4) is 6.07 Å². The van der Waals surface area contributed by atoms with Gasteiger partial charge in [-0.05, 0) is 24.3 Å². The maximum Gasteiger partial charge on any atom is 0.291 e. The third-order valence-electron chi connectivity index (χ3n) is 3.02. The number of fused-ring (bicyclic) bond motifs is 1. The van der Waals surface area contributed by atoms with Crippen molar-refractivity contribution >= 4 is 22.6 Å². The van der Waals surface area contributed by atoms with Crippen molar-refractivity contribution in [1.82, 2.24) is 0 Å². The molecule has 0 atom stereocenters. The summed E-state index contributed by atoms with van der Waals surface area (Å²) in [7, 11) is 0. The topological polar surface area (TPSA) is 66.0 Å². The third-order valence-corrected chi connectivity index (χ3v) is 3.02. The maximum absolute atomic E-state index is 13.5. The molecule has 4 nitrogen and oxygen atoms in total. The number of halogens is 1. The molecule has 0 fully saturated rings. The van der Waals surface area contributed by atoms with Crippen LogP contribution in [-0.4, -0.2) is 5.91 Å². The molecule has 3 rings (SSSR count). The van der Waals surface area contributed by atoms with E-state index in [0.717, 1.165) is 11.5 Å². The van der Waals surface area contributed by atoms with Crippen LogP contribution in [0.25, 0.3) is 11.0 Å². The molecule has 2 aromatic carbocycles. The third kappa shape index (κ3) is 2.35. The van der Waals surface area contributed by atoms with Crippen LogP contribution in [0.4, 0.5) is 10.1 Å². The lowest BCUT2D eigenvalue weighted by atomic mass is 10.2. The van der Waals surface area contributed by atoms with Crippen LogP contribution in [0.3, 0.4) is 0 Å². The summed E-state index contributed by atoms with van der Waals surface area (Å²) in [5, 5.41) is 12.2. The van der Waals surface area contributed by atoms with Gasteiger partial charge in [0.1, 0.15) is 23.0 Å². The lowest BCUT2D eigenvalue weighted by Crippen LogP contribution is -2.12. The van der Waals surface area contributed by atoms with Gasteiger partial charge in [0.25, 0.3) is 5.91 Å². The van der Waals surface area contributed by atoms with E-state index >= 15 is 0 Å². The van der Waals surface area contributed by atoms with Crippen LogP contribution in [0.2, 0.25) is 0 Å². The number of para-hydroxylation sites is 1. The van der Waals surface area contributed by atoms with Gasteiger partial charge in [0.2, 0.25) is 0 Å². The van der Waals surface area contributed by atoms with E-state index in [2.05, 4.69) is 5.32 Å². The number of benzene rings is 2. The molecule has 0 aliphatic heterocycles. The average Bonchev–Trinajstić information content (AvgIpc) is 2.91. The second-order valence-corrected chi connectivity index (χ2v) is 4.38. The van der Waals surface area contributed by atoms with Crippen molar-refractivity contribution < 1.29 is 13.6 Å². The first-order valence-corrected chi connectivity index (χ1v) is 6.17. The van der Waals surface area contributed by atoms with E-state index in [9.17, 15) is 9.18 Å². The summed E-state index contributed by atoms with van der Waals surface area (Å²) < 4.78 is 18.9. The standard InChI is InChI=1S/C16H9FN2O2/c17-12-5-3-6-13(11(12)9-18)19-16(20)15-8-10-4-1-2-7-14(10)21-15/h1-8H,(H,19,20).